The first-order valence-corrected chi connectivity index (χ1v) is 5.93. The Morgan fingerprint density at radius 1 is 0.789 bits per heavy atom. The van der Waals surface area contributed by atoms with Crippen molar-refractivity contribution in [3.05, 3.63) is 76.9 Å². The second-order valence-electron chi connectivity index (χ2n) is 4.21. The van der Waals surface area contributed by atoms with Crippen LogP contribution in [-0.2, 0) is 0 Å². The second kappa shape index (κ2) is 5.67. The molecule has 2 aromatic rings. The number of hydrogen-bond acceptors (Lipinski definition) is 2. The molecule has 2 rings (SSSR count). The van der Waals surface area contributed by atoms with E-state index in [2.05, 4.69) is 0 Å². The van der Waals surface area contributed by atoms with E-state index in [0.717, 1.165) is 16.7 Å². The normalized spacial score (nSPS) is 9.21. The fourth-order valence-electron chi connectivity index (χ4n) is 1.92. The van der Waals surface area contributed by atoms with Gasteiger partial charge in [0.1, 0.15) is 17.7 Å². The predicted octanol–water partition coefficient (Wildman–Crippen LogP) is 3.84. The van der Waals surface area contributed by atoms with Gasteiger partial charge in [-0.25, -0.2) is 0 Å². The van der Waals surface area contributed by atoms with Gasteiger partial charge in [0, 0.05) is 5.57 Å². The third kappa shape index (κ3) is 2.70. The molecule has 0 aromatic heterocycles. The third-order valence-electron chi connectivity index (χ3n) is 2.88. The fourth-order valence-corrected chi connectivity index (χ4v) is 1.92. The Morgan fingerprint density at radius 2 is 1.32 bits per heavy atom. The highest BCUT2D eigenvalue weighted by molar-refractivity contribution is 5.86. The van der Waals surface area contributed by atoms with Crippen molar-refractivity contribution in [3.8, 4) is 12.1 Å². The van der Waals surface area contributed by atoms with Gasteiger partial charge in [0.15, 0.2) is 0 Å². The highest BCUT2D eigenvalue weighted by Crippen LogP contribution is 2.26. The topological polar surface area (TPSA) is 47.6 Å². The van der Waals surface area contributed by atoms with Crippen LogP contribution in [0.15, 0.2) is 60.2 Å². The SMILES string of the molecule is Cc1ccc(C(=C(C#N)C#N)c2ccccc2)cc1. The van der Waals surface area contributed by atoms with Crippen molar-refractivity contribution >= 4 is 5.57 Å². The number of hydrogen-bond donors (Lipinski definition) is 0. The van der Waals surface area contributed by atoms with Gasteiger partial charge in [-0.1, -0.05) is 60.2 Å². The Labute approximate surface area is 112 Å². The number of nitrogens with zero attached hydrogens (tertiary/aromatic N) is 2. The molecule has 90 valence electrons. The number of aryl methyl sites for hydroxylation is 1. The highest BCUT2D eigenvalue weighted by Gasteiger charge is 2.11. The molecule has 0 saturated heterocycles. The van der Waals surface area contributed by atoms with Crippen molar-refractivity contribution in [3.63, 3.8) is 0 Å². The quantitative estimate of drug-likeness (QED) is 0.753. The van der Waals surface area contributed by atoms with Crippen LogP contribution in [0, 0.1) is 29.6 Å². The Balaban J connectivity index is 2.68. The molecule has 0 aliphatic carbocycles. The molecular formula is C17H12N2. The molecule has 0 aliphatic rings. The predicted molar refractivity (Wildman–Crippen MR) is 74.9 cm³/mol. The first-order valence-electron chi connectivity index (χ1n) is 5.93. The molecule has 0 unspecified atom stereocenters. The summed E-state index contributed by atoms with van der Waals surface area (Å²) in [6.07, 6.45) is 0. The minimum absolute atomic E-state index is 0.134. The van der Waals surface area contributed by atoms with Gasteiger partial charge >= 0.3 is 0 Å². The van der Waals surface area contributed by atoms with Crippen molar-refractivity contribution in [1.82, 2.24) is 0 Å². The van der Waals surface area contributed by atoms with E-state index in [9.17, 15) is 0 Å². The van der Waals surface area contributed by atoms with E-state index in [1.807, 2.05) is 73.7 Å². The number of nitriles is 2. The molecule has 0 N–H and O–H groups in total. The lowest BCUT2D eigenvalue weighted by atomic mass is 9.93. The van der Waals surface area contributed by atoms with Crippen LogP contribution < -0.4 is 0 Å². The molecule has 0 amide bonds. The van der Waals surface area contributed by atoms with Crippen LogP contribution >= 0.6 is 0 Å². The molecule has 0 bridgehead atoms. The van der Waals surface area contributed by atoms with Crippen LogP contribution in [0.3, 0.4) is 0 Å². The van der Waals surface area contributed by atoms with E-state index >= 15 is 0 Å². The third-order valence-corrected chi connectivity index (χ3v) is 2.88. The lowest BCUT2D eigenvalue weighted by Crippen LogP contribution is -1.92. The molecule has 0 spiro atoms. The van der Waals surface area contributed by atoms with Gasteiger partial charge in [0.05, 0.1) is 0 Å². The first kappa shape index (κ1) is 12.6. The van der Waals surface area contributed by atoms with Gasteiger partial charge in [0.2, 0.25) is 0 Å². The standard InChI is InChI=1S/C17H12N2/c1-13-7-9-15(10-8-13)17(16(11-18)12-19)14-5-3-2-4-6-14/h2-10H,1H3. The van der Waals surface area contributed by atoms with Crippen molar-refractivity contribution in [1.29, 1.82) is 10.5 Å². The van der Waals surface area contributed by atoms with Gasteiger partial charge in [-0.3, -0.25) is 0 Å². The summed E-state index contributed by atoms with van der Waals surface area (Å²) in [5.41, 5.74) is 3.73. The van der Waals surface area contributed by atoms with Crippen LogP contribution in [0.4, 0.5) is 0 Å². The van der Waals surface area contributed by atoms with E-state index in [1.54, 1.807) is 0 Å². The molecule has 0 radical (unpaired) electrons. The average Bonchev–Trinajstić information content (AvgIpc) is 2.47. The maximum atomic E-state index is 9.14. The zero-order chi connectivity index (χ0) is 13.7. The summed E-state index contributed by atoms with van der Waals surface area (Å²) in [5.74, 6) is 0. The van der Waals surface area contributed by atoms with Gasteiger partial charge in [-0.05, 0) is 18.1 Å². The highest BCUT2D eigenvalue weighted by atomic mass is 14.3. The lowest BCUT2D eigenvalue weighted by molar-refractivity contribution is 1.42. The van der Waals surface area contributed by atoms with Crippen LogP contribution in [0.5, 0.6) is 0 Å². The molecule has 0 saturated carbocycles. The Kier molecular flexibility index (Phi) is 3.76. The molecule has 0 atom stereocenters. The summed E-state index contributed by atoms with van der Waals surface area (Å²) in [6.45, 7) is 2.01. The zero-order valence-corrected chi connectivity index (χ0v) is 10.6. The summed E-state index contributed by atoms with van der Waals surface area (Å²) in [6, 6.07) is 21.3. The second-order valence-corrected chi connectivity index (χ2v) is 4.21. The molecule has 2 nitrogen and oxygen atoms in total. The summed E-state index contributed by atoms with van der Waals surface area (Å²) < 4.78 is 0. The van der Waals surface area contributed by atoms with Gasteiger partial charge in [-0.2, -0.15) is 10.5 Å². The number of benzene rings is 2. The lowest BCUT2D eigenvalue weighted by Gasteiger charge is -2.08. The van der Waals surface area contributed by atoms with Crippen LogP contribution in [-0.4, -0.2) is 0 Å². The minimum atomic E-state index is 0.134. The fraction of sp³-hybridized carbons (Fsp3) is 0.0588. The molecular weight excluding hydrogens is 232 g/mol. The summed E-state index contributed by atoms with van der Waals surface area (Å²) in [7, 11) is 0. The zero-order valence-electron chi connectivity index (χ0n) is 10.6. The Bertz CT molecular complexity index is 665. The van der Waals surface area contributed by atoms with E-state index < -0.39 is 0 Å². The average molecular weight is 244 g/mol. The van der Waals surface area contributed by atoms with Gasteiger partial charge < -0.3 is 0 Å². The summed E-state index contributed by atoms with van der Waals surface area (Å²) >= 11 is 0. The maximum Gasteiger partial charge on any atom is 0.138 e. The van der Waals surface area contributed by atoms with Crippen LogP contribution in [0.2, 0.25) is 0 Å². The Hall–Kier alpha value is -2.84. The van der Waals surface area contributed by atoms with Gasteiger partial charge in [0.25, 0.3) is 0 Å². The molecule has 19 heavy (non-hydrogen) atoms. The van der Waals surface area contributed by atoms with Crippen LogP contribution in [0.25, 0.3) is 5.57 Å². The molecule has 0 fully saturated rings. The van der Waals surface area contributed by atoms with E-state index in [1.165, 1.54) is 0 Å². The van der Waals surface area contributed by atoms with Crippen molar-refractivity contribution < 1.29 is 0 Å². The number of rotatable bonds is 2. The van der Waals surface area contributed by atoms with E-state index in [-0.39, 0.29) is 5.57 Å². The van der Waals surface area contributed by atoms with Crippen molar-refractivity contribution in [2.24, 2.45) is 0 Å². The monoisotopic (exact) mass is 244 g/mol. The summed E-state index contributed by atoms with van der Waals surface area (Å²) in [4.78, 5) is 0. The largest absolute Gasteiger partial charge is 0.192 e. The minimum Gasteiger partial charge on any atom is -0.192 e. The molecule has 2 aromatic carbocycles. The smallest absolute Gasteiger partial charge is 0.138 e. The molecule has 2 heteroatoms. The van der Waals surface area contributed by atoms with Crippen LogP contribution in [0.1, 0.15) is 16.7 Å². The first-order chi connectivity index (χ1) is 9.26. The van der Waals surface area contributed by atoms with Gasteiger partial charge in [-0.15, -0.1) is 0 Å². The summed E-state index contributed by atoms with van der Waals surface area (Å²) in [5, 5.41) is 18.3. The van der Waals surface area contributed by atoms with Crippen molar-refractivity contribution in [2.75, 3.05) is 0 Å². The molecule has 0 heterocycles. The van der Waals surface area contributed by atoms with E-state index in [0.29, 0.717) is 5.57 Å². The van der Waals surface area contributed by atoms with E-state index in [4.69, 9.17) is 10.5 Å². The number of allylic oxidation sites excluding steroid dienone is 1. The maximum absolute atomic E-state index is 9.14. The van der Waals surface area contributed by atoms with Crippen molar-refractivity contribution in [2.45, 2.75) is 6.92 Å². The molecule has 0 aliphatic heterocycles. The Morgan fingerprint density at radius 3 is 1.84 bits per heavy atom.